The number of hydrogen-bond acceptors (Lipinski definition) is 10. The molecule has 4 saturated carbocycles. The number of benzene rings is 2. The Bertz CT molecular complexity index is 4300. The summed E-state index contributed by atoms with van der Waals surface area (Å²) >= 11 is 0.0990. The predicted molar refractivity (Wildman–Crippen MR) is 363 cm³/mol. The zero-order valence-corrected chi connectivity index (χ0v) is 57.3. The van der Waals surface area contributed by atoms with Gasteiger partial charge in [-0.25, -0.2) is 0 Å². The van der Waals surface area contributed by atoms with Crippen molar-refractivity contribution in [3.8, 4) is 33.6 Å². The number of rotatable bonds is 23. The molecular weight excluding hydrogens is 1320 g/mol. The third-order valence-electron chi connectivity index (χ3n) is 18.2. The number of carbonyl (C=O) groups is 1. The fraction of sp³-hybridized carbons (Fsp3) is 0.443. The summed E-state index contributed by atoms with van der Waals surface area (Å²) in [6, 6.07) is 19.7. The summed E-state index contributed by atoms with van der Waals surface area (Å²) in [7, 11) is 3.77. The molecule has 0 saturated heterocycles. The zero-order valence-electron chi connectivity index (χ0n) is 52.3. The number of Topliss-reactive ketones (excluding diaryl/α,β-unsaturated/α-hetero) is 1. The maximum Gasteiger partial charge on any atom is 0.281 e. The van der Waals surface area contributed by atoms with Crippen LogP contribution >= 0.6 is 22.6 Å². The second-order valence-corrected chi connectivity index (χ2v) is 39.7. The summed E-state index contributed by atoms with van der Waals surface area (Å²) in [6.45, 7) is 17.4. The molecule has 16 nitrogen and oxygen atoms in total. The van der Waals surface area contributed by atoms with Crippen LogP contribution in [0.4, 0.5) is 0 Å². The second-order valence-electron chi connectivity index (χ2n) is 25.4. The Morgan fingerprint density at radius 1 is 0.602 bits per heavy atom. The van der Waals surface area contributed by atoms with Gasteiger partial charge in [0.25, 0.3) is 11.1 Å². The first-order chi connectivity index (χ1) is 42.7. The van der Waals surface area contributed by atoms with E-state index in [1.165, 1.54) is 98.8 Å². The van der Waals surface area contributed by atoms with E-state index in [4.69, 9.17) is 24.9 Å². The molecule has 8 heterocycles. The van der Waals surface area contributed by atoms with Crippen LogP contribution in [0.5, 0.6) is 0 Å². The van der Waals surface area contributed by atoms with Gasteiger partial charge in [-0.1, -0.05) is 12.1 Å². The molecule has 4 aliphatic rings. The number of hydrogen-bond donors (Lipinski definition) is 0. The Morgan fingerprint density at radius 3 is 1.47 bits per heavy atom. The maximum atomic E-state index is 14.1. The molecule has 14 rings (SSSR count). The van der Waals surface area contributed by atoms with E-state index in [2.05, 4.69) is 94.5 Å². The monoisotopic (exact) mass is 1400 g/mol. The molecule has 458 valence electrons. The van der Waals surface area contributed by atoms with Crippen LogP contribution in [-0.4, -0.2) is 89.0 Å². The summed E-state index contributed by atoms with van der Waals surface area (Å²) in [5.74, 6) is 2.30. The van der Waals surface area contributed by atoms with Gasteiger partial charge >= 0.3 is 120 Å². The van der Waals surface area contributed by atoms with E-state index in [1.54, 1.807) is 27.2 Å². The van der Waals surface area contributed by atoms with E-state index >= 15 is 0 Å². The van der Waals surface area contributed by atoms with Gasteiger partial charge in [0.05, 0.1) is 53.7 Å². The number of aromatic nitrogens is 12. The third kappa shape index (κ3) is 13.3. The number of fused-ring (bicyclic) bond motifs is 4. The van der Waals surface area contributed by atoms with Crippen LogP contribution < -0.4 is 11.1 Å². The van der Waals surface area contributed by atoms with Gasteiger partial charge in [-0.2, -0.15) is 29.8 Å². The molecular formula is C70H83IN12O4Sn. The summed E-state index contributed by atoms with van der Waals surface area (Å²) in [4.78, 5) is 50.3. The van der Waals surface area contributed by atoms with Crippen LogP contribution in [0.25, 0.3) is 77.5 Å². The summed E-state index contributed by atoms with van der Waals surface area (Å²) < 4.78 is 23.4. The molecule has 18 heteroatoms. The molecule has 0 unspecified atom stereocenters. The first-order valence-electron chi connectivity index (χ1n) is 32.3. The second kappa shape index (κ2) is 26.4. The Hall–Kier alpha value is -6.74. The van der Waals surface area contributed by atoms with Gasteiger partial charge in [0.15, 0.2) is 5.78 Å². The van der Waals surface area contributed by atoms with Crippen molar-refractivity contribution in [2.24, 2.45) is 25.9 Å². The van der Waals surface area contributed by atoms with Crippen molar-refractivity contribution in [3.63, 3.8) is 0 Å². The fourth-order valence-electron chi connectivity index (χ4n) is 12.6. The first kappa shape index (κ1) is 61.5. The molecule has 10 aromatic rings. The van der Waals surface area contributed by atoms with Crippen LogP contribution in [0.15, 0.2) is 118 Å². The molecule has 0 atom stereocenters. The molecule has 2 aromatic carbocycles. The van der Waals surface area contributed by atoms with Crippen molar-refractivity contribution in [2.45, 2.75) is 163 Å². The standard InChI is InChI=1S/C28H26N6O2.C26H23IN6O.C4H7O.3C4H9.Sn/c1-16(35)22-15-33(13-17-3-4-17)27-25(19-7-9-23(29-12-19)18-5-6-18)28(36)34(31-26(22)27)21-8-10-24-20(11-21)14-32(2)30-24;1-31-13-18-10-19(7-9-22(18)29-31)33-26(34)23(17-6-8-21(28-11-17)16-4-5-16)25-24(30-33)20(27)14-32(25)12-15-2-3-15;1-3-5-4-2;3*1-3-4-2;/h7-12,14-15,17-18H,3-6,13H2,1-2H3;6-11,13-16H,2-5,12H2,1H3;1,4H2,2H3;3*1,3-4H2,2H3;. The largest absolute Gasteiger partial charge is 0.344 e. The Labute approximate surface area is 532 Å². The van der Waals surface area contributed by atoms with Gasteiger partial charge in [-0.15, -0.1) is 0 Å². The van der Waals surface area contributed by atoms with E-state index in [0.29, 0.717) is 51.6 Å². The molecule has 0 N–H and O–H groups in total. The number of aryl methyl sites for hydroxylation is 2. The van der Waals surface area contributed by atoms with E-state index in [9.17, 15) is 14.4 Å². The molecule has 4 aliphatic carbocycles. The molecule has 0 aliphatic heterocycles. The number of unbranched alkanes of at least 4 members (excludes halogenated alkanes) is 3. The average molecular weight is 1400 g/mol. The smallest absolute Gasteiger partial charge is 0.281 e. The minimum absolute atomic E-state index is 0.0666. The van der Waals surface area contributed by atoms with Gasteiger partial charge in [0, 0.05) is 109 Å². The number of ether oxygens (including phenoxy) is 1. The number of halogens is 1. The fourth-order valence-corrected chi connectivity index (χ4v) is 27.9. The molecule has 0 radical (unpaired) electrons. The molecule has 0 bridgehead atoms. The molecule has 4 fully saturated rings. The molecule has 8 aromatic heterocycles. The van der Waals surface area contributed by atoms with Gasteiger partial charge in [0.2, 0.25) is 0 Å². The van der Waals surface area contributed by atoms with Crippen molar-refractivity contribution in [2.75, 3.05) is 6.61 Å². The summed E-state index contributed by atoms with van der Waals surface area (Å²) in [6.07, 6.45) is 29.2. The SMILES string of the molecule is C=[C](OCC)[Sn]([CH2]CCC)([CH2]CCC)[CH2]CCC.CC(=O)c1cn(CC2CC2)c2c(-c3ccc(C4CC4)nc3)c(=O)n(-c3ccc4nn(C)cc4c3)nc12.Cn1cc2cc(-n3nc4c(I)cn(CC5CC5)c4c(-c4ccc(C5CC5)nc4)c3=O)ccc2n1. The summed E-state index contributed by atoms with van der Waals surface area (Å²) in [5.41, 5.74) is 11.3. The molecule has 0 spiro atoms. The number of nitrogens with zero attached hydrogens (tertiary/aromatic N) is 12. The number of pyridine rings is 2. The van der Waals surface area contributed by atoms with E-state index < -0.39 is 18.4 Å². The van der Waals surface area contributed by atoms with Crippen molar-refractivity contribution < 1.29 is 9.53 Å². The normalized spacial score (nSPS) is 15.0. The van der Waals surface area contributed by atoms with Crippen LogP contribution in [-0.2, 0) is 31.9 Å². The Balaban J connectivity index is 0.000000136. The minimum atomic E-state index is -2.24. The molecule has 0 amide bonds. The quantitative estimate of drug-likeness (QED) is 0.0260. The van der Waals surface area contributed by atoms with Gasteiger partial charge < -0.3 is 9.13 Å². The van der Waals surface area contributed by atoms with Crippen molar-refractivity contribution >= 4 is 90.6 Å². The van der Waals surface area contributed by atoms with Crippen molar-refractivity contribution in [3.05, 3.63) is 149 Å². The van der Waals surface area contributed by atoms with E-state index in [-0.39, 0.29) is 16.9 Å². The van der Waals surface area contributed by atoms with Crippen LogP contribution in [0.2, 0.25) is 13.3 Å². The van der Waals surface area contributed by atoms with Gasteiger partial charge in [-0.05, 0) is 141 Å². The summed E-state index contributed by atoms with van der Waals surface area (Å²) in [5, 5.41) is 20.5. The van der Waals surface area contributed by atoms with Crippen LogP contribution in [0.1, 0.15) is 158 Å². The minimum Gasteiger partial charge on any atom is -0.344 e. The number of carbonyl (C=O) groups excluding carboxylic acids is 1. The topological polar surface area (TPSA) is 167 Å². The van der Waals surface area contributed by atoms with Gasteiger partial charge in [-0.3, -0.25) is 33.7 Å². The number of ketones is 1. The Kier molecular flexibility index (Phi) is 18.4. The third-order valence-corrected chi connectivity index (χ3v) is 34.0. The predicted octanol–water partition coefficient (Wildman–Crippen LogP) is 15.6. The zero-order chi connectivity index (χ0) is 61.4. The van der Waals surface area contributed by atoms with Crippen LogP contribution in [0, 0.1) is 15.4 Å². The first-order valence-corrected chi connectivity index (χ1v) is 40.8. The van der Waals surface area contributed by atoms with Gasteiger partial charge in [0.1, 0.15) is 11.0 Å². The molecule has 88 heavy (non-hydrogen) atoms. The maximum absolute atomic E-state index is 14.1. The van der Waals surface area contributed by atoms with E-state index in [0.717, 1.165) is 103 Å². The van der Waals surface area contributed by atoms with Crippen LogP contribution in [0.3, 0.4) is 0 Å². The average Bonchev–Trinajstić information content (AvgIpc) is 1.64. The van der Waals surface area contributed by atoms with Crippen molar-refractivity contribution in [1.29, 1.82) is 0 Å². The van der Waals surface area contributed by atoms with Crippen molar-refractivity contribution in [1.82, 2.24) is 58.2 Å². The Morgan fingerprint density at radius 2 is 1.06 bits per heavy atom. The van der Waals surface area contributed by atoms with E-state index in [1.807, 2.05) is 87.4 Å².